The Kier molecular flexibility index (Phi) is 3.98. The van der Waals surface area contributed by atoms with Gasteiger partial charge in [0, 0.05) is 31.4 Å². The maximum absolute atomic E-state index is 12.4. The highest BCUT2D eigenvalue weighted by atomic mass is 16.2. The minimum absolute atomic E-state index is 0.0278. The Morgan fingerprint density at radius 2 is 2.14 bits per heavy atom. The molecule has 2 atom stereocenters. The van der Waals surface area contributed by atoms with E-state index in [2.05, 4.69) is 36.0 Å². The molecule has 1 aliphatic heterocycles. The molecule has 0 bridgehead atoms. The van der Waals surface area contributed by atoms with Crippen molar-refractivity contribution in [2.75, 3.05) is 13.1 Å². The normalized spacial score (nSPS) is 26.3. The predicted molar refractivity (Wildman–Crippen MR) is 83.3 cm³/mol. The topological polar surface area (TPSA) is 45.2 Å². The molecule has 1 saturated carbocycles. The van der Waals surface area contributed by atoms with Crippen molar-refractivity contribution in [3.05, 3.63) is 29.6 Å². The molecule has 2 fully saturated rings. The molecule has 4 heteroatoms. The summed E-state index contributed by atoms with van der Waals surface area (Å²) < 4.78 is 0. The minimum atomic E-state index is -0.0278. The summed E-state index contributed by atoms with van der Waals surface area (Å²) in [5.41, 5.74) is 1.83. The maximum atomic E-state index is 12.4. The molecule has 1 N–H and O–H groups in total. The lowest BCUT2D eigenvalue weighted by Crippen LogP contribution is -2.40. The maximum Gasteiger partial charge on any atom is 0.270 e. The Hall–Kier alpha value is -1.42. The zero-order valence-corrected chi connectivity index (χ0v) is 13.2. The first-order valence-corrected chi connectivity index (χ1v) is 8.05. The lowest BCUT2D eigenvalue weighted by molar-refractivity contribution is 0.0925. The second kappa shape index (κ2) is 5.76. The first kappa shape index (κ1) is 14.5. The highest BCUT2D eigenvalue weighted by Gasteiger charge is 2.32. The molecule has 0 aromatic carbocycles. The zero-order chi connectivity index (χ0) is 15.0. The number of hydrogen-bond donors (Lipinski definition) is 1. The number of amides is 1. The van der Waals surface area contributed by atoms with Gasteiger partial charge in [0.15, 0.2) is 0 Å². The summed E-state index contributed by atoms with van der Waals surface area (Å²) in [6.07, 6.45) is 4.25. The van der Waals surface area contributed by atoms with Crippen LogP contribution in [-0.4, -0.2) is 41.0 Å². The zero-order valence-electron chi connectivity index (χ0n) is 13.2. The highest BCUT2D eigenvalue weighted by molar-refractivity contribution is 5.92. The largest absolute Gasteiger partial charge is 0.346 e. The van der Waals surface area contributed by atoms with E-state index in [9.17, 15) is 4.79 Å². The van der Waals surface area contributed by atoms with Crippen LogP contribution in [-0.2, 0) is 0 Å². The molecule has 1 aliphatic carbocycles. The van der Waals surface area contributed by atoms with E-state index < -0.39 is 0 Å². The van der Waals surface area contributed by atoms with Gasteiger partial charge in [0.05, 0.1) is 0 Å². The fourth-order valence-electron chi connectivity index (χ4n) is 3.10. The average Bonchev–Trinajstić information content (AvgIpc) is 3.24. The van der Waals surface area contributed by atoms with Crippen molar-refractivity contribution in [2.24, 2.45) is 5.92 Å². The second-order valence-electron chi connectivity index (χ2n) is 6.85. The number of nitrogens with one attached hydrogen (secondary N) is 1. The molecule has 0 unspecified atom stereocenters. The summed E-state index contributed by atoms with van der Waals surface area (Å²) in [5.74, 6) is 1.12. The van der Waals surface area contributed by atoms with Crippen LogP contribution >= 0.6 is 0 Å². The molecule has 3 rings (SSSR count). The third kappa shape index (κ3) is 3.26. The van der Waals surface area contributed by atoms with Crippen LogP contribution in [0.5, 0.6) is 0 Å². The predicted octanol–water partition coefficient (Wildman–Crippen LogP) is 2.42. The van der Waals surface area contributed by atoms with Crippen LogP contribution in [0.15, 0.2) is 18.3 Å². The van der Waals surface area contributed by atoms with Gasteiger partial charge < -0.3 is 5.32 Å². The van der Waals surface area contributed by atoms with Gasteiger partial charge in [0.2, 0.25) is 0 Å². The summed E-state index contributed by atoms with van der Waals surface area (Å²) in [7, 11) is 0. The quantitative estimate of drug-likeness (QED) is 0.925. The van der Waals surface area contributed by atoms with Crippen LogP contribution in [0, 0.1) is 5.92 Å². The third-order valence-corrected chi connectivity index (χ3v) is 4.75. The van der Waals surface area contributed by atoms with Crippen LogP contribution in [0.2, 0.25) is 0 Å². The van der Waals surface area contributed by atoms with Crippen molar-refractivity contribution >= 4 is 5.91 Å². The number of likely N-dealkylation sites (tertiary alicyclic amines) is 1. The molecule has 1 aromatic rings. The Balaban J connectivity index is 1.64. The molecule has 114 valence electrons. The van der Waals surface area contributed by atoms with E-state index in [1.165, 1.54) is 18.4 Å². The molecule has 1 amide bonds. The van der Waals surface area contributed by atoms with Crippen LogP contribution < -0.4 is 5.32 Å². The molecular weight excluding hydrogens is 262 g/mol. The van der Waals surface area contributed by atoms with Crippen molar-refractivity contribution < 1.29 is 4.79 Å². The fraction of sp³-hybridized carbons (Fsp3) is 0.647. The highest BCUT2D eigenvalue weighted by Crippen LogP contribution is 2.39. The van der Waals surface area contributed by atoms with Crippen molar-refractivity contribution in [3.8, 4) is 0 Å². The Bertz CT molecular complexity index is 525. The average molecular weight is 287 g/mol. The van der Waals surface area contributed by atoms with E-state index in [4.69, 9.17) is 0 Å². The number of carbonyl (C=O) groups is 1. The Morgan fingerprint density at radius 3 is 2.76 bits per heavy atom. The fourth-order valence-corrected chi connectivity index (χ4v) is 3.10. The summed E-state index contributed by atoms with van der Waals surface area (Å²) in [6, 6.07) is 4.76. The SMILES string of the molecule is CC(C)N1C[C@@H](C)[C@@H](NC(=O)c2cc(C3CC3)ccn2)C1. The molecule has 2 aliphatic rings. The van der Waals surface area contributed by atoms with Gasteiger partial charge >= 0.3 is 0 Å². The van der Waals surface area contributed by atoms with Crippen molar-refractivity contribution in [1.82, 2.24) is 15.2 Å². The summed E-state index contributed by atoms with van der Waals surface area (Å²) >= 11 is 0. The summed E-state index contributed by atoms with van der Waals surface area (Å²) in [6.45, 7) is 8.61. The number of pyridine rings is 1. The third-order valence-electron chi connectivity index (χ3n) is 4.75. The van der Waals surface area contributed by atoms with Crippen LogP contribution in [0.3, 0.4) is 0 Å². The van der Waals surface area contributed by atoms with Crippen molar-refractivity contribution in [1.29, 1.82) is 0 Å². The number of carbonyl (C=O) groups excluding carboxylic acids is 1. The molecule has 0 radical (unpaired) electrons. The van der Waals surface area contributed by atoms with E-state index in [-0.39, 0.29) is 11.9 Å². The first-order valence-electron chi connectivity index (χ1n) is 8.05. The van der Waals surface area contributed by atoms with Gasteiger partial charge in [-0.2, -0.15) is 0 Å². The number of rotatable bonds is 4. The molecule has 0 spiro atoms. The number of nitrogens with zero attached hydrogens (tertiary/aromatic N) is 2. The van der Waals surface area contributed by atoms with E-state index >= 15 is 0 Å². The van der Waals surface area contributed by atoms with E-state index in [1.807, 2.05) is 12.1 Å². The minimum Gasteiger partial charge on any atom is -0.346 e. The number of aromatic nitrogens is 1. The van der Waals surface area contributed by atoms with Gasteiger partial charge in [0.1, 0.15) is 5.69 Å². The van der Waals surface area contributed by atoms with Gasteiger partial charge in [-0.1, -0.05) is 6.92 Å². The Morgan fingerprint density at radius 1 is 1.38 bits per heavy atom. The molecular formula is C17H25N3O. The van der Waals surface area contributed by atoms with Gasteiger partial charge in [-0.25, -0.2) is 0 Å². The van der Waals surface area contributed by atoms with Crippen molar-refractivity contribution in [2.45, 2.75) is 51.6 Å². The molecule has 1 saturated heterocycles. The molecule has 1 aromatic heterocycles. The van der Waals surface area contributed by atoms with Gasteiger partial charge in [-0.3, -0.25) is 14.7 Å². The second-order valence-corrected chi connectivity index (χ2v) is 6.85. The standard InChI is InChI=1S/C17H25N3O/c1-11(2)20-9-12(3)16(10-20)19-17(21)15-8-14(6-7-18-15)13-4-5-13/h6-8,11-13,16H,4-5,9-10H2,1-3H3,(H,19,21)/t12-,16+/m1/s1. The number of hydrogen-bond acceptors (Lipinski definition) is 3. The molecule has 2 heterocycles. The van der Waals surface area contributed by atoms with E-state index in [0.717, 1.165) is 13.1 Å². The molecule has 4 nitrogen and oxygen atoms in total. The summed E-state index contributed by atoms with van der Waals surface area (Å²) in [4.78, 5) is 19.1. The smallest absolute Gasteiger partial charge is 0.270 e. The Labute approximate surface area is 126 Å². The summed E-state index contributed by atoms with van der Waals surface area (Å²) in [5, 5.41) is 3.17. The van der Waals surface area contributed by atoms with Gasteiger partial charge in [-0.15, -0.1) is 0 Å². The van der Waals surface area contributed by atoms with E-state index in [0.29, 0.717) is 23.6 Å². The van der Waals surface area contributed by atoms with Crippen LogP contribution in [0.4, 0.5) is 0 Å². The lowest BCUT2D eigenvalue weighted by Gasteiger charge is -2.20. The molecule has 21 heavy (non-hydrogen) atoms. The monoisotopic (exact) mass is 287 g/mol. The first-order chi connectivity index (χ1) is 10.0. The van der Waals surface area contributed by atoms with Gasteiger partial charge in [-0.05, 0) is 56.2 Å². The van der Waals surface area contributed by atoms with Crippen LogP contribution in [0.1, 0.15) is 55.6 Å². The van der Waals surface area contributed by atoms with E-state index in [1.54, 1.807) is 6.20 Å². The van der Waals surface area contributed by atoms with Gasteiger partial charge in [0.25, 0.3) is 5.91 Å². The lowest BCUT2D eigenvalue weighted by atomic mass is 10.1. The van der Waals surface area contributed by atoms with Crippen LogP contribution in [0.25, 0.3) is 0 Å². The van der Waals surface area contributed by atoms with Crippen molar-refractivity contribution in [3.63, 3.8) is 0 Å².